The Kier molecular flexibility index (Phi) is 2.94. The topological polar surface area (TPSA) is 0 Å². The Bertz CT molecular complexity index is 291. The van der Waals surface area contributed by atoms with Gasteiger partial charge in [-0.2, -0.15) is 0 Å². The Labute approximate surface area is 74.6 Å². The third-order valence-corrected chi connectivity index (χ3v) is 2.05. The molecule has 0 fully saturated rings. The first-order chi connectivity index (χ1) is 5.77. The summed E-state index contributed by atoms with van der Waals surface area (Å²) in [6.07, 6.45) is 6.43. The molecular formula is C12H14. The molecule has 0 heterocycles. The molecule has 0 saturated carbocycles. The van der Waals surface area contributed by atoms with Crippen LogP contribution in [-0.2, 0) is 0 Å². The minimum Gasteiger partial charge on any atom is -0.119 e. The summed E-state index contributed by atoms with van der Waals surface area (Å²) in [6, 6.07) is 8.41. The largest absolute Gasteiger partial charge is 0.119 e. The summed E-state index contributed by atoms with van der Waals surface area (Å²) in [4.78, 5) is 0. The van der Waals surface area contributed by atoms with E-state index in [0.717, 1.165) is 6.42 Å². The van der Waals surface area contributed by atoms with Gasteiger partial charge in [0.25, 0.3) is 0 Å². The highest BCUT2D eigenvalue weighted by atomic mass is 14.1. The molecule has 12 heavy (non-hydrogen) atoms. The monoisotopic (exact) mass is 158 g/mol. The van der Waals surface area contributed by atoms with Crippen LogP contribution in [0.3, 0.4) is 0 Å². The van der Waals surface area contributed by atoms with Crippen molar-refractivity contribution in [2.75, 3.05) is 0 Å². The van der Waals surface area contributed by atoms with E-state index in [1.807, 2.05) is 0 Å². The molecule has 0 saturated heterocycles. The van der Waals surface area contributed by atoms with Gasteiger partial charge < -0.3 is 0 Å². The molecule has 0 bridgehead atoms. The van der Waals surface area contributed by atoms with E-state index in [-0.39, 0.29) is 5.92 Å². The van der Waals surface area contributed by atoms with Crippen molar-refractivity contribution in [3.05, 3.63) is 35.4 Å². The molecule has 1 rings (SSSR count). The zero-order chi connectivity index (χ0) is 8.97. The third kappa shape index (κ3) is 1.89. The minimum absolute atomic E-state index is 0.282. The maximum Gasteiger partial charge on any atom is 0.0447 e. The fourth-order valence-electron chi connectivity index (χ4n) is 1.34. The van der Waals surface area contributed by atoms with Gasteiger partial charge in [-0.3, -0.25) is 0 Å². The van der Waals surface area contributed by atoms with Crippen LogP contribution in [0, 0.1) is 19.3 Å². The Balaban J connectivity index is 2.95. The second-order valence-electron chi connectivity index (χ2n) is 3.04. The van der Waals surface area contributed by atoms with Crippen molar-refractivity contribution in [2.24, 2.45) is 0 Å². The van der Waals surface area contributed by atoms with E-state index in [4.69, 9.17) is 6.42 Å². The Hall–Kier alpha value is -1.22. The standard InChI is InChI=1S/C12H14/c1-4-11(5-2)12-8-6-7-10(3)9-12/h1,6-9,11H,5H2,2-3H3. The fraction of sp³-hybridized carbons (Fsp3) is 0.333. The lowest BCUT2D eigenvalue weighted by molar-refractivity contribution is 0.830. The molecule has 0 amide bonds. The molecule has 1 atom stereocenters. The highest BCUT2D eigenvalue weighted by Gasteiger charge is 2.03. The predicted molar refractivity (Wildman–Crippen MR) is 53.0 cm³/mol. The van der Waals surface area contributed by atoms with E-state index in [9.17, 15) is 0 Å². The molecule has 0 nitrogen and oxygen atoms in total. The van der Waals surface area contributed by atoms with Crippen molar-refractivity contribution in [3.63, 3.8) is 0 Å². The lowest BCUT2D eigenvalue weighted by Gasteiger charge is -2.07. The van der Waals surface area contributed by atoms with Crippen LogP contribution in [-0.4, -0.2) is 0 Å². The maximum absolute atomic E-state index is 5.42. The highest BCUT2D eigenvalue weighted by Crippen LogP contribution is 2.18. The van der Waals surface area contributed by atoms with Gasteiger partial charge in [0.1, 0.15) is 0 Å². The summed E-state index contributed by atoms with van der Waals surface area (Å²) in [5.41, 5.74) is 2.54. The van der Waals surface area contributed by atoms with E-state index in [1.165, 1.54) is 11.1 Å². The molecule has 62 valence electrons. The second-order valence-corrected chi connectivity index (χ2v) is 3.04. The molecule has 0 heteroatoms. The molecule has 0 aromatic heterocycles. The normalized spacial score (nSPS) is 12.1. The summed E-state index contributed by atoms with van der Waals surface area (Å²) in [6.45, 7) is 4.21. The van der Waals surface area contributed by atoms with Crippen LogP contribution in [0.4, 0.5) is 0 Å². The Morgan fingerprint density at radius 3 is 2.75 bits per heavy atom. The molecule has 0 N–H and O–H groups in total. The molecule has 0 aliphatic rings. The van der Waals surface area contributed by atoms with Gasteiger partial charge in [-0.15, -0.1) is 6.42 Å². The number of rotatable bonds is 2. The van der Waals surface area contributed by atoms with Gasteiger partial charge in [-0.1, -0.05) is 42.7 Å². The van der Waals surface area contributed by atoms with Crippen LogP contribution < -0.4 is 0 Å². The number of hydrogen-bond acceptors (Lipinski definition) is 0. The maximum atomic E-state index is 5.42. The van der Waals surface area contributed by atoms with E-state index < -0.39 is 0 Å². The van der Waals surface area contributed by atoms with Crippen molar-refractivity contribution in [3.8, 4) is 12.3 Å². The zero-order valence-corrected chi connectivity index (χ0v) is 7.67. The first kappa shape index (κ1) is 8.87. The van der Waals surface area contributed by atoms with Gasteiger partial charge in [0.15, 0.2) is 0 Å². The van der Waals surface area contributed by atoms with Gasteiger partial charge in [-0.25, -0.2) is 0 Å². The van der Waals surface area contributed by atoms with E-state index in [2.05, 4.69) is 44.0 Å². The number of hydrogen-bond donors (Lipinski definition) is 0. The van der Waals surface area contributed by atoms with Crippen LogP contribution >= 0.6 is 0 Å². The number of benzene rings is 1. The highest BCUT2D eigenvalue weighted by molar-refractivity contribution is 5.29. The lowest BCUT2D eigenvalue weighted by Crippen LogP contribution is -1.93. The summed E-state index contributed by atoms with van der Waals surface area (Å²) in [5.74, 6) is 3.08. The van der Waals surface area contributed by atoms with Crippen LogP contribution in [0.2, 0.25) is 0 Å². The van der Waals surface area contributed by atoms with E-state index in [1.54, 1.807) is 0 Å². The molecular weight excluding hydrogens is 144 g/mol. The molecule has 0 aliphatic heterocycles. The van der Waals surface area contributed by atoms with Gasteiger partial charge in [0, 0.05) is 5.92 Å². The van der Waals surface area contributed by atoms with Crippen molar-refractivity contribution in [1.82, 2.24) is 0 Å². The van der Waals surface area contributed by atoms with E-state index in [0.29, 0.717) is 0 Å². The average Bonchev–Trinajstić information content (AvgIpc) is 2.07. The quantitative estimate of drug-likeness (QED) is 0.580. The molecule has 1 unspecified atom stereocenters. The number of aryl methyl sites for hydroxylation is 1. The van der Waals surface area contributed by atoms with Crippen molar-refractivity contribution >= 4 is 0 Å². The molecule has 1 aromatic rings. The van der Waals surface area contributed by atoms with E-state index >= 15 is 0 Å². The number of terminal acetylenes is 1. The van der Waals surface area contributed by atoms with Gasteiger partial charge >= 0.3 is 0 Å². The first-order valence-electron chi connectivity index (χ1n) is 4.30. The second kappa shape index (κ2) is 3.97. The van der Waals surface area contributed by atoms with Crippen molar-refractivity contribution < 1.29 is 0 Å². The Morgan fingerprint density at radius 1 is 1.50 bits per heavy atom. The van der Waals surface area contributed by atoms with Crippen LogP contribution in [0.25, 0.3) is 0 Å². The lowest BCUT2D eigenvalue weighted by atomic mass is 9.96. The van der Waals surface area contributed by atoms with Crippen LogP contribution in [0.15, 0.2) is 24.3 Å². The molecule has 1 aromatic carbocycles. The fourth-order valence-corrected chi connectivity index (χ4v) is 1.34. The SMILES string of the molecule is C#CC(CC)c1cccc(C)c1. The van der Waals surface area contributed by atoms with Gasteiger partial charge in [0.2, 0.25) is 0 Å². The smallest absolute Gasteiger partial charge is 0.0447 e. The zero-order valence-electron chi connectivity index (χ0n) is 7.67. The van der Waals surface area contributed by atoms with Crippen molar-refractivity contribution in [2.45, 2.75) is 26.2 Å². The predicted octanol–water partition coefficient (Wildman–Crippen LogP) is 3.12. The molecule has 0 spiro atoms. The Morgan fingerprint density at radius 2 is 2.25 bits per heavy atom. The third-order valence-electron chi connectivity index (χ3n) is 2.05. The average molecular weight is 158 g/mol. The van der Waals surface area contributed by atoms with Gasteiger partial charge in [0.05, 0.1) is 0 Å². The van der Waals surface area contributed by atoms with Crippen molar-refractivity contribution in [1.29, 1.82) is 0 Å². The molecule has 0 aliphatic carbocycles. The summed E-state index contributed by atoms with van der Waals surface area (Å²) in [5, 5.41) is 0. The van der Waals surface area contributed by atoms with Crippen LogP contribution in [0.1, 0.15) is 30.4 Å². The summed E-state index contributed by atoms with van der Waals surface area (Å²) < 4.78 is 0. The first-order valence-corrected chi connectivity index (χ1v) is 4.30. The minimum atomic E-state index is 0.282. The van der Waals surface area contributed by atoms with Gasteiger partial charge in [-0.05, 0) is 18.9 Å². The summed E-state index contributed by atoms with van der Waals surface area (Å²) >= 11 is 0. The van der Waals surface area contributed by atoms with Crippen LogP contribution in [0.5, 0.6) is 0 Å². The molecule has 0 radical (unpaired) electrons. The summed E-state index contributed by atoms with van der Waals surface area (Å²) in [7, 11) is 0.